The van der Waals surface area contributed by atoms with Crippen LogP contribution in [-0.4, -0.2) is 29.8 Å². The molecule has 3 aromatic carbocycles. The predicted molar refractivity (Wildman–Crippen MR) is 144 cm³/mol. The SMILES string of the molecule is Cc1ccc(-n2nc3c(-c4nn(-c5ccccc5)c(-c5ccccc5)c4C#N)nnc(C)c3c2C)cc1. The fraction of sp³-hybridized carbons (Fsp3) is 0.100. The van der Waals surface area contributed by atoms with Gasteiger partial charge < -0.3 is 0 Å². The van der Waals surface area contributed by atoms with Crippen LogP contribution in [0.3, 0.4) is 0 Å². The summed E-state index contributed by atoms with van der Waals surface area (Å²) in [5.41, 5.74) is 8.33. The predicted octanol–water partition coefficient (Wildman–Crippen LogP) is 6.13. The summed E-state index contributed by atoms with van der Waals surface area (Å²) in [7, 11) is 0. The van der Waals surface area contributed by atoms with Gasteiger partial charge in [-0.1, -0.05) is 66.2 Å². The Balaban J connectivity index is 1.66. The topological polar surface area (TPSA) is 85.2 Å². The van der Waals surface area contributed by atoms with Gasteiger partial charge in [-0.25, -0.2) is 9.36 Å². The van der Waals surface area contributed by atoms with Crippen molar-refractivity contribution in [2.75, 3.05) is 0 Å². The van der Waals surface area contributed by atoms with Crippen molar-refractivity contribution >= 4 is 10.9 Å². The lowest BCUT2D eigenvalue weighted by Gasteiger charge is -2.07. The van der Waals surface area contributed by atoms with Crippen molar-refractivity contribution in [1.82, 2.24) is 29.8 Å². The summed E-state index contributed by atoms with van der Waals surface area (Å²) in [6.07, 6.45) is 0. The molecule has 0 saturated heterocycles. The van der Waals surface area contributed by atoms with Gasteiger partial charge in [-0.2, -0.15) is 20.6 Å². The maximum Gasteiger partial charge on any atom is 0.143 e. The first-order chi connectivity index (χ1) is 18.1. The highest BCUT2D eigenvalue weighted by Gasteiger charge is 2.26. The molecule has 6 aromatic rings. The van der Waals surface area contributed by atoms with Gasteiger partial charge in [0.2, 0.25) is 0 Å². The van der Waals surface area contributed by atoms with E-state index in [2.05, 4.69) is 35.3 Å². The maximum absolute atomic E-state index is 10.4. The molecule has 0 bridgehead atoms. The average Bonchev–Trinajstić information content (AvgIpc) is 3.49. The Labute approximate surface area is 214 Å². The minimum Gasteiger partial charge on any atom is -0.237 e. The van der Waals surface area contributed by atoms with Crippen LogP contribution in [0.1, 0.15) is 22.5 Å². The molecule has 0 aliphatic rings. The number of nitrogens with zero attached hydrogens (tertiary/aromatic N) is 7. The number of aromatic nitrogens is 6. The molecule has 7 nitrogen and oxygen atoms in total. The van der Waals surface area contributed by atoms with Gasteiger partial charge in [0.1, 0.15) is 28.5 Å². The highest BCUT2D eigenvalue weighted by atomic mass is 15.3. The molecule has 0 spiro atoms. The zero-order valence-corrected chi connectivity index (χ0v) is 20.7. The molecular formula is C30H23N7. The van der Waals surface area contributed by atoms with Crippen LogP contribution in [0.5, 0.6) is 0 Å². The van der Waals surface area contributed by atoms with Crippen LogP contribution in [-0.2, 0) is 0 Å². The molecule has 37 heavy (non-hydrogen) atoms. The van der Waals surface area contributed by atoms with E-state index in [1.165, 1.54) is 5.56 Å². The molecule has 0 N–H and O–H groups in total. The quantitative estimate of drug-likeness (QED) is 0.302. The summed E-state index contributed by atoms with van der Waals surface area (Å²) in [4.78, 5) is 0. The van der Waals surface area contributed by atoms with Crippen molar-refractivity contribution in [1.29, 1.82) is 5.26 Å². The third kappa shape index (κ3) is 3.67. The molecule has 0 atom stereocenters. The van der Waals surface area contributed by atoms with Crippen molar-refractivity contribution in [3.8, 4) is 40.1 Å². The third-order valence-corrected chi connectivity index (χ3v) is 6.55. The molecule has 0 unspecified atom stereocenters. The first-order valence-electron chi connectivity index (χ1n) is 12.0. The van der Waals surface area contributed by atoms with E-state index < -0.39 is 0 Å². The van der Waals surface area contributed by atoms with E-state index >= 15 is 0 Å². The average molecular weight is 482 g/mol. The van der Waals surface area contributed by atoms with Gasteiger partial charge in [0.05, 0.1) is 28.5 Å². The van der Waals surface area contributed by atoms with Crippen molar-refractivity contribution in [2.24, 2.45) is 0 Å². The number of aryl methyl sites for hydroxylation is 3. The van der Waals surface area contributed by atoms with E-state index in [0.717, 1.165) is 33.7 Å². The van der Waals surface area contributed by atoms with E-state index in [4.69, 9.17) is 10.2 Å². The Morgan fingerprint density at radius 2 is 1.32 bits per heavy atom. The van der Waals surface area contributed by atoms with E-state index in [1.54, 1.807) is 4.68 Å². The number of fused-ring (bicyclic) bond motifs is 1. The first-order valence-corrected chi connectivity index (χ1v) is 12.0. The number of benzene rings is 3. The van der Waals surface area contributed by atoms with Crippen LogP contribution in [0, 0.1) is 32.1 Å². The van der Waals surface area contributed by atoms with Crippen LogP contribution in [0.25, 0.3) is 44.9 Å². The summed E-state index contributed by atoms with van der Waals surface area (Å²) in [5.74, 6) is 0. The number of para-hydroxylation sites is 1. The van der Waals surface area contributed by atoms with Crippen molar-refractivity contribution < 1.29 is 0 Å². The van der Waals surface area contributed by atoms with Crippen LogP contribution in [0.15, 0.2) is 84.9 Å². The molecule has 0 amide bonds. The minimum atomic E-state index is 0.428. The fourth-order valence-corrected chi connectivity index (χ4v) is 4.73. The lowest BCUT2D eigenvalue weighted by molar-refractivity contribution is 0.858. The van der Waals surface area contributed by atoms with Gasteiger partial charge in [-0.15, -0.1) is 5.10 Å². The van der Waals surface area contributed by atoms with Crippen LogP contribution in [0.2, 0.25) is 0 Å². The van der Waals surface area contributed by atoms with E-state index in [0.29, 0.717) is 28.2 Å². The molecule has 0 saturated carbocycles. The summed E-state index contributed by atoms with van der Waals surface area (Å²) in [6.45, 7) is 6.01. The maximum atomic E-state index is 10.4. The van der Waals surface area contributed by atoms with E-state index in [9.17, 15) is 5.26 Å². The molecule has 178 valence electrons. The molecule has 6 rings (SSSR count). The first kappa shape index (κ1) is 22.4. The lowest BCUT2D eigenvalue weighted by Crippen LogP contribution is -2.00. The zero-order chi connectivity index (χ0) is 25.5. The summed E-state index contributed by atoms with van der Waals surface area (Å²) >= 11 is 0. The highest BCUT2D eigenvalue weighted by Crippen LogP contribution is 2.36. The normalized spacial score (nSPS) is 11.1. The van der Waals surface area contributed by atoms with Crippen LogP contribution >= 0.6 is 0 Å². The van der Waals surface area contributed by atoms with Crippen LogP contribution in [0.4, 0.5) is 0 Å². The molecule has 7 heteroatoms. The van der Waals surface area contributed by atoms with Crippen LogP contribution < -0.4 is 0 Å². The Morgan fingerprint density at radius 1 is 0.676 bits per heavy atom. The molecule has 0 aliphatic heterocycles. The largest absolute Gasteiger partial charge is 0.237 e. The molecule has 0 aliphatic carbocycles. The second-order valence-corrected chi connectivity index (χ2v) is 8.99. The monoisotopic (exact) mass is 481 g/mol. The van der Waals surface area contributed by atoms with Crippen molar-refractivity contribution in [3.05, 3.63) is 107 Å². The smallest absolute Gasteiger partial charge is 0.143 e. The van der Waals surface area contributed by atoms with Gasteiger partial charge in [-0.05, 0) is 45.0 Å². The number of hydrogen-bond donors (Lipinski definition) is 0. The van der Waals surface area contributed by atoms with Gasteiger partial charge in [0, 0.05) is 10.9 Å². The molecular weight excluding hydrogens is 458 g/mol. The van der Waals surface area contributed by atoms with Gasteiger partial charge in [-0.3, -0.25) is 0 Å². The Kier molecular flexibility index (Phi) is 5.35. The second kappa shape index (κ2) is 8.85. The highest BCUT2D eigenvalue weighted by molar-refractivity contribution is 5.96. The lowest BCUT2D eigenvalue weighted by atomic mass is 10.0. The number of nitriles is 1. The second-order valence-electron chi connectivity index (χ2n) is 8.99. The molecule has 3 heterocycles. The van der Waals surface area contributed by atoms with Crippen molar-refractivity contribution in [3.63, 3.8) is 0 Å². The van der Waals surface area contributed by atoms with Gasteiger partial charge in [0.15, 0.2) is 0 Å². The Bertz CT molecular complexity index is 1790. The zero-order valence-electron chi connectivity index (χ0n) is 20.7. The Hall–Kier alpha value is -5.09. The molecule has 3 aromatic heterocycles. The van der Waals surface area contributed by atoms with Crippen molar-refractivity contribution in [2.45, 2.75) is 20.8 Å². The minimum absolute atomic E-state index is 0.428. The Morgan fingerprint density at radius 3 is 2.00 bits per heavy atom. The standard InChI is InChI=1S/C30H23N7/c1-19-14-16-24(17-15-19)36-21(3)26-20(2)32-33-29(28(26)35-36)27-25(18-31)30(22-10-6-4-7-11-22)37(34-27)23-12-8-5-9-13-23/h4-17H,1-3H3. The fourth-order valence-electron chi connectivity index (χ4n) is 4.73. The van der Waals surface area contributed by atoms with E-state index in [-0.39, 0.29) is 0 Å². The number of rotatable bonds is 4. The molecule has 0 radical (unpaired) electrons. The number of hydrogen-bond acceptors (Lipinski definition) is 5. The summed E-state index contributed by atoms with van der Waals surface area (Å²) in [5, 5.41) is 30.2. The molecule has 0 fully saturated rings. The van der Waals surface area contributed by atoms with Gasteiger partial charge >= 0.3 is 0 Å². The third-order valence-electron chi connectivity index (χ3n) is 6.55. The van der Waals surface area contributed by atoms with E-state index in [1.807, 2.05) is 91.3 Å². The summed E-state index contributed by atoms with van der Waals surface area (Å²) in [6, 6.07) is 30.2. The summed E-state index contributed by atoms with van der Waals surface area (Å²) < 4.78 is 3.71. The van der Waals surface area contributed by atoms with Gasteiger partial charge in [0.25, 0.3) is 0 Å².